The molecule has 2 rings (SSSR count). The fraction of sp³-hybridized carbons (Fsp3) is 0.600. The minimum atomic E-state index is -1.24. The Hall–Kier alpha value is -0.310. The van der Waals surface area contributed by atoms with E-state index >= 15 is 0 Å². The van der Waals surface area contributed by atoms with Crippen molar-refractivity contribution in [3.63, 3.8) is 0 Å². The standard InChI is InChI=1S/C15H20Cl2FN/c1-15(18,10-13-4-2-3-7-19-13)9-11-5-6-12(16)8-14(11)17/h5-6,8,13,19H,2-4,7,9-10H2,1H3. The van der Waals surface area contributed by atoms with E-state index in [1.54, 1.807) is 19.1 Å². The highest BCUT2D eigenvalue weighted by molar-refractivity contribution is 6.35. The molecule has 1 aromatic carbocycles. The molecule has 0 radical (unpaired) electrons. The predicted octanol–water partition coefficient (Wildman–Crippen LogP) is 4.80. The molecule has 1 aromatic rings. The second-order valence-corrected chi connectivity index (χ2v) is 6.52. The molecule has 1 aliphatic heterocycles. The summed E-state index contributed by atoms with van der Waals surface area (Å²) in [5.74, 6) is 0. The number of piperidine rings is 1. The van der Waals surface area contributed by atoms with Gasteiger partial charge in [0.05, 0.1) is 0 Å². The van der Waals surface area contributed by atoms with E-state index in [9.17, 15) is 4.39 Å². The molecule has 1 saturated heterocycles. The molecule has 1 heterocycles. The van der Waals surface area contributed by atoms with Gasteiger partial charge < -0.3 is 5.32 Å². The normalized spacial score (nSPS) is 23.1. The molecule has 19 heavy (non-hydrogen) atoms. The SMILES string of the molecule is CC(F)(Cc1ccc(Cl)cc1Cl)CC1CCCCN1. The van der Waals surface area contributed by atoms with E-state index in [1.807, 2.05) is 6.07 Å². The van der Waals surface area contributed by atoms with Crippen LogP contribution in [0.25, 0.3) is 0 Å². The number of hydrogen-bond donors (Lipinski definition) is 1. The van der Waals surface area contributed by atoms with Gasteiger partial charge in [-0.05, 0) is 50.4 Å². The van der Waals surface area contributed by atoms with Crippen molar-refractivity contribution in [2.45, 2.75) is 50.7 Å². The van der Waals surface area contributed by atoms with Crippen LogP contribution >= 0.6 is 23.2 Å². The van der Waals surface area contributed by atoms with Gasteiger partial charge in [0.2, 0.25) is 0 Å². The van der Waals surface area contributed by atoms with E-state index in [4.69, 9.17) is 23.2 Å². The minimum Gasteiger partial charge on any atom is -0.314 e. The Kier molecular flexibility index (Phi) is 5.10. The second-order valence-electron chi connectivity index (χ2n) is 5.68. The first-order chi connectivity index (χ1) is 8.96. The van der Waals surface area contributed by atoms with Gasteiger partial charge in [-0.15, -0.1) is 0 Å². The maximum absolute atomic E-state index is 14.7. The van der Waals surface area contributed by atoms with Crippen LogP contribution in [0.5, 0.6) is 0 Å². The number of halogens is 3. The third-order valence-electron chi connectivity index (χ3n) is 3.66. The second kappa shape index (κ2) is 6.43. The van der Waals surface area contributed by atoms with Crippen molar-refractivity contribution in [1.29, 1.82) is 0 Å². The molecule has 106 valence electrons. The van der Waals surface area contributed by atoms with E-state index in [-0.39, 0.29) is 6.04 Å². The van der Waals surface area contributed by atoms with Gasteiger partial charge in [-0.1, -0.05) is 35.7 Å². The zero-order valence-corrected chi connectivity index (χ0v) is 12.7. The van der Waals surface area contributed by atoms with Crippen molar-refractivity contribution in [1.82, 2.24) is 5.32 Å². The summed E-state index contributed by atoms with van der Waals surface area (Å²) >= 11 is 12.0. The number of hydrogen-bond acceptors (Lipinski definition) is 1. The van der Waals surface area contributed by atoms with E-state index < -0.39 is 5.67 Å². The van der Waals surface area contributed by atoms with Gasteiger partial charge >= 0.3 is 0 Å². The van der Waals surface area contributed by atoms with Gasteiger partial charge in [-0.3, -0.25) is 0 Å². The maximum atomic E-state index is 14.7. The molecule has 1 aliphatic rings. The summed E-state index contributed by atoms with van der Waals surface area (Å²) in [7, 11) is 0. The highest BCUT2D eigenvalue weighted by Crippen LogP contribution is 2.30. The van der Waals surface area contributed by atoms with Crippen LogP contribution in [0.2, 0.25) is 10.0 Å². The fourth-order valence-corrected chi connectivity index (χ4v) is 3.22. The summed E-state index contributed by atoms with van der Waals surface area (Å²) in [5, 5.41) is 4.53. The topological polar surface area (TPSA) is 12.0 Å². The molecular formula is C15H20Cl2FN. The van der Waals surface area contributed by atoms with Crippen molar-refractivity contribution in [3.05, 3.63) is 33.8 Å². The zero-order chi connectivity index (χ0) is 13.9. The fourth-order valence-electron chi connectivity index (χ4n) is 2.75. The van der Waals surface area contributed by atoms with E-state index in [2.05, 4.69) is 5.32 Å². The number of alkyl halides is 1. The van der Waals surface area contributed by atoms with Gasteiger partial charge in [-0.2, -0.15) is 0 Å². The molecule has 4 heteroatoms. The molecule has 0 aliphatic carbocycles. The Morgan fingerprint density at radius 3 is 2.79 bits per heavy atom. The third-order valence-corrected chi connectivity index (χ3v) is 4.25. The summed E-state index contributed by atoms with van der Waals surface area (Å²) in [6.07, 6.45) is 4.32. The predicted molar refractivity (Wildman–Crippen MR) is 79.9 cm³/mol. The van der Waals surface area contributed by atoms with E-state index in [0.29, 0.717) is 22.9 Å². The Morgan fingerprint density at radius 1 is 1.37 bits per heavy atom. The first-order valence-corrected chi connectivity index (χ1v) is 7.58. The Bertz CT molecular complexity index is 428. The Labute approximate surface area is 124 Å². The lowest BCUT2D eigenvalue weighted by Gasteiger charge is -2.30. The summed E-state index contributed by atoms with van der Waals surface area (Å²) < 4.78 is 14.7. The van der Waals surface area contributed by atoms with Crippen molar-refractivity contribution in [3.8, 4) is 0 Å². The summed E-state index contributed by atoms with van der Waals surface area (Å²) in [4.78, 5) is 0. The molecule has 2 unspecified atom stereocenters. The highest BCUT2D eigenvalue weighted by atomic mass is 35.5. The first-order valence-electron chi connectivity index (χ1n) is 6.82. The van der Waals surface area contributed by atoms with Crippen molar-refractivity contribution >= 4 is 23.2 Å². The van der Waals surface area contributed by atoms with Gasteiger partial charge in [0, 0.05) is 22.5 Å². The zero-order valence-electron chi connectivity index (χ0n) is 11.2. The molecule has 0 spiro atoms. The summed E-state index contributed by atoms with van der Waals surface area (Å²) in [6.45, 7) is 2.66. The molecule has 0 aromatic heterocycles. The average molecular weight is 304 g/mol. The monoisotopic (exact) mass is 303 g/mol. The average Bonchev–Trinajstić information content (AvgIpc) is 2.33. The Balaban J connectivity index is 1.99. The maximum Gasteiger partial charge on any atom is 0.113 e. The first kappa shape index (κ1) is 15.1. The lowest BCUT2D eigenvalue weighted by Crippen LogP contribution is -2.40. The molecule has 1 N–H and O–H groups in total. The summed E-state index contributed by atoms with van der Waals surface area (Å²) in [5.41, 5.74) is -0.418. The van der Waals surface area contributed by atoms with Crippen molar-refractivity contribution < 1.29 is 4.39 Å². The quantitative estimate of drug-likeness (QED) is 0.843. The number of benzene rings is 1. The highest BCUT2D eigenvalue weighted by Gasteiger charge is 2.29. The minimum absolute atomic E-state index is 0.287. The van der Waals surface area contributed by atoms with Gasteiger partial charge in [0.1, 0.15) is 5.67 Å². The van der Waals surface area contributed by atoms with Crippen LogP contribution in [0.4, 0.5) is 4.39 Å². The lowest BCUT2D eigenvalue weighted by molar-refractivity contribution is 0.146. The summed E-state index contributed by atoms with van der Waals surface area (Å²) in [6, 6.07) is 5.54. The third kappa shape index (κ3) is 4.62. The largest absolute Gasteiger partial charge is 0.314 e. The molecule has 0 amide bonds. The molecule has 2 atom stereocenters. The number of nitrogens with one attached hydrogen (secondary N) is 1. The lowest BCUT2D eigenvalue weighted by atomic mass is 9.88. The molecule has 0 saturated carbocycles. The van der Waals surface area contributed by atoms with Crippen LogP contribution in [-0.4, -0.2) is 18.3 Å². The van der Waals surface area contributed by atoms with Crippen LogP contribution in [0.15, 0.2) is 18.2 Å². The van der Waals surface area contributed by atoms with E-state index in [1.165, 1.54) is 12.8 Å². The molecule has 1 fully saturated rings. The number of rotatable bonds is 4. The smallest absolute Gasteiger partial charge is 0.113 e. The van der Waals surface area contributed by atoms with Crippen LogP contribution in [0.3, 0.4) is 0 Å². The van der Waals surface area contributed by atoms with Gasteiger partial charge in [-0.25, -0.2) is 4.39 Å². The van der Waals surface area contributed by atoms with Gasteiger partial charge in [0.25, 0.3) is 0 Å². The molecular weight excluding hydrogens is 284 g/mol. The van der Waals surface area contributed by atoms with Crippen LogP contribution in [0, 0.1) is 0 Å². The van der Waals surface area contributed by atoms with Crippen LogP contribution in [0.1, 0.15) is 38.2 Å². The Morgan fingerprint density at radius 2 is 2.16 bits per heavy atom. The molecule has 0 bridgehead atoms. The van der Waals surface area contributed by atoms with Crippen molar-refractivity contribution in [2.75, 3.05) is 6.54 Å². The molecule has 1 nitrogen and oxygen atoms in total. The van der Waals surface area contributed by atoms with Crippen LogP contribution in [-0.2, 0) is 6.42 Å². The van der Waals surface area contributed by atoms with Crippen LogP contribution < -0.4 is 5.32 Å². The van der Waals surface area contributed by atoms with Gasteiger partial charge in [0.15, 0.2) is 0 Å². The van der Waals surface area contributed by atoms with E-state index in [0.717, 1.165) is 18.5 Å². The van der Waals surface area contributed by atoms with Crippen molar-refractivity contribution in [2.24, 2.45) is 0 Å².